The van der Waals surface area contributed by atoms with Crippen molar-refractivity contribution in [1.29, 1.82) is 10.5 Å². The van der Waals surface area contributed by atoms with Gasteiger partial charge in [-0.25, -0.2) is 77.3 Å². The van der Waals surface area contributed by atoms with Crippen molar-refractivity contribution < 1.29 is 87.3 Å². The molecule has 0 aliphatic heterocycles. The number of aromatic nitrogens is 8. The van der Waals surface area contributed by atoms with Gasteiger partial charge in [-0.1, -0.05) is 86.7 Å². The Labute approximate surface area is 598 Å². The number of hydrogen-bond donors (Lipinski definition) is 3. The van der Waals surface area contributed by atoms with Crippen molar-refractivity contribution in [2.45, 2.75) is 129 Å². The molecule has 20 nitrogen and oxygen atoms in total. The molecule has 0 fully saturated rings. The molecule has 556 valence electrons. The fourth-order valence-electron chi connectivity index (χ4n) is 9.66. The Kier molecular flexibility index (Phi) is 32.8. The molecular formula is C75H77F10N11O9. The molecule has 0 saturated carbocycles. The normalized spacial score (nSPS) is 10.7. The lowest BCUT2D eigenvalue weighted by Crippen LogP contribution is -2.22. The van der Waals surface area contributed by atoms with Crippen LogP contribution in [-0.2, 0) is 35.1 Å². The monoisotopic (exact) mass is 1470 g/mol. The number of aromatic carboxylic acids is 1. The number of Topliss-reactive ketones (excluding diaryl/α,β-unsaturated/α-hetero) is 3. The molecule has 0 radical (unpaired) electrons. The lowest BCUT2D eigenvalue weighted by Gasteiger charge is -2.11. The molecule has 0 saturated heterocycles. The molecular weight excluding hydrogens is 1390 g/mol. The maximum Gasteiger partial charge on any atom is 0.375 e. The van der Waals surface area contributed by atoms with E-state index < -0.39 is 99.1 Å². The molecule has 0 aliphatic carbocycles. The summed E-state index contributed by atoms with van der Waals surface area (Å²) in [6, 6.07) is 23.9. The number of fused-ring (bicyclic) bond motifs is 2. The number of carbonyl (C=O) groups is 6. The summed E-state index contributed by atoms with van der Waals surface area (Å²) in [5.41, 5.74) is 7.86. The minimum absolute atomic E-state index is 0. The molecule has 1 atom stereocenters. The van der Waals surface area contributed by atoms with Gasteiger partial charge >= 0.3 is 17.9 Å². The Bertz CT molecular complexity index is 4760. The highest BCUT2D eigenvalue weighted by Crippen LogP contribution is 2.36. The lowest BCUT2D eigenvalue weighted by molar-refractivity contribution is -0.154. The number of carbonyl (C=O) groups excluding carboxylic acids is 5. The molecule has 0 spiro atoms. The fraction of sp³-hybridized carbons (Fsp3) is 0.293. The zero-order valence-corrected chi connectivity index (χ0v) is 57.5. The van der Waals surface area contributed by atoms with Crippen LogP contribution < -0.4 is 5.73 Å². The van der Waals surface area contributed by atoms with Gasteiger partial charge in [0, 0.05) is 34.1 Å². The van der Waals surface area contributed by atoms with E-state index in [4.69, 9.17) is 21.0 Å². The van der Waals surface area contributed by atoms with Gasteiger partial charge in [0.25, 0.3) is 0 Å². The summed E-state index contributed by atoms with van der Waals surface area (Å²) < 4.78 is 148. The molecule has 1 unspecified atom stereocenters. The third kappa shape index (κ3) is 21.6. The van der Waals surface area contributed by atoms with Crippen LogP contribution in [0.2, 0.25) is 0 Å². The van der Waals surface area contributed by atoms with E-state index in [2.05, 4.69) is 35.1 Å². The van der Waals surface area contributed by atoms with Crippen molar-refractivity contribution in [2.24, 2.45) is 5.92 Å². The highest BCUT2D eigenvalue weighted by molar-refractivity contribution is 6.37. The van der Waals surface area contributed by atoms with E-state index in [0.29, 0.717) is 28.5 Å². The third-order valence-electron chi connectivity index (χ3n) is 14.7. The minimum atomic E-state index is -1.36. The predicted molar refractivity (Wildman–Crippen MR) is 371 cm³/mol. The Balaban J connectivity index is 0.000000336. The largest absolute Gasteiger partial charge is 0.477 e. The summed E-state index contributed by atoms with van der Waals surface area (Å²) in [6.45, 7) is 20.7. The number of esters is 2. The molecule has 10 aromatic rings. The van der Waals surface area contributed by atoms with E-state index in [1.165, 1.54) is 69.7 Å². The van der Waals surface area contributed by atoms with Crippen molar-refractivity contribution >= 4 is 52.4 Å². The van der Waals surface area contributed by atoms with Crippen LogP contribution >= 0.6 is 0 Å². The summed E-state index contributed by atoms with van der Waals surface area (Å²) in [7, 11) is 0. The van der Waals surface area contributed by atoms with Crippen LogP contribution in [0.25, 0.3) is 44.7 Å². The number of H-pyrrole nitrogens is 1. The van der Waals surface area contributed by atoms with Gasteiger partial charge in [0.2, 0.25) is 5.78 Å². The fourth-order valence-corrected chi connectivity index (χ4v) is 9.66. The molecule has 0 aliphatic rings. The van der Waals surface area contributed by atoms with Crippen molar-refractivity contribution in [3.05, 3.63) is 212 Å². The Morgan fingerprint density at radius 1 is 0.562 bits per heavy atom. The Hall–Kier alpha value is -12.0. The van der Waals surface area contributed by atoms with Crippen LogP contribution in [0.1, 0.15) is 162 Å². The molecule has 30 heteroatoms. The molecule has 5 heterocycles. The van der Waals surface area contributed by atoms with E-state index in [-0.39, 0.29) is 132 Å². The number of carboxylic acid groups (broad SMARTS) is 1. The average Bonchev–Trinajstić information content (AvgIpc) is 1.62. The van der Waals surface area contributed by atoms with Crippen molar-refractivity contribution in [3.63, 3.8) is 0 Å². The number of nitrogens with two attached hydrogens (primary N) is 1. The lowest BCUT2D eigenvalue weighted by atomic mass is 9.96. The molecule has 105 heavy (non-hydrogen) atoms. The van der Waals surface area contributed by atoms with Gasteiger partial charge in [-0.05, 0) is 126 Å². The predicted octanol–water partition coefficient (Wildman–Crippen LogP) is 16.5. The quantitative estimate of drug-likeness (QED) is 0.0350. The van der Waals surface area contributed by atoms with Crippen LogP contribution in [0.15, 0.2) is 103 Å². The van der Waals surface area contributed by atoms with E-state index in [9.17, 15) is 77.8 Å². The second-order valence-electron chi connectivity index (χ2n) is 23.0. The molecule has 5 aromatic heterocycles. The SMILES string of the molecule is C.C.CC(=O)C(C#N)c1c(F)cccc1F.CCOC(=O)C(=O)CC(=O)C(C)C.CCOC(=O)c1cc(C(C)C)n2nc(C)c(-c3c(F)cccc3F)c2n1.Cc1[nH]nc(N)c1-c1c(F)cccc1F.Cc1nn2c(C(C)C)cc(C(=O)O)nc2c1-c1c(F)cccc1F.N#CCc1c(F)cccc1F. The van der Waals surface area contributed by atoms with Crippen molar-refractivity contribution in [3.8, 4) is 45.5 Å². The number of rotatable bonds is 16. The number of carboxylic acids is 1. The molecule has 4 N–H and O–H groups in total. The zero-order valence-electron chi connectivity index (χ0n) is 57.5. The number of nitrogen functional groups attached to an aromatic ring is 1. The Morgan fingerprint density at radius 3 is 1.27 bits per heavy atom. The topological polar surface area (TPSA) is 304 Å². The number of ketones is 3. The summed E-state index contributed by atoms with van der Waals surface area (Å²) in [6.07, 6.45) is -0.574. The molecule has 5 aromatic carbocycles. The van der Waals surface area contributed by atoms with Gasteiger partial charge in [-0.2, -0.15) is 25.8 Å². The van der Waals surface area contributed by atoms with Gasteiger partial charge in [0.15, 0.2) is 34.3 Å². The summed E-state index contributed by atoms with van der Waals surface area (Å²) in [5.74, 6) is -13.1. The third-order valence-corrected chi connectivity index (χ3v) is 14.7. The second kappa shape index (κ2) is 39.5. The van der Waals surface area contributed by atoms with E-state index in [1.807, 2.05) is 27.7 Å². The number of aromatic amines is 1. The van der Waals surface area contributed by atoms with E-state index in [0.717, 1.165) is 43.3 Å². The van der Waals surface area contributed by atoms with Crippen LogP contribution in [0.5, 0.6) is 0 Å². The number of halogens is 10. The summed E-state index contributed by atoms with van der Waals surface area (Å²) in [4.78, 5) is 75.6. The number of nitrogens with one attached hydrogen (secondary N) is 1. The van der Waals surface area contributed by atoms with Crippen LogP contribution in [0.4, 0.5) is 49.7 Å². The number of benzene rings is 5. The van der Waals surface area contributed by atoms with Gasteiger partial charge in [0.05, 0.1) is 83.0 Å². The number of hydrogen-bond acceptors (Lipinski definition) is 16. The maximum atomic E-state index is 14.4. The van der Waals surface area contributed by atoms with E-state index >= 15 is 0 Å². The van der Waals surface area contributed by atoms with Gasteiger partial charge in [0.1, 0.15) is 69.9 Å². The number of nitrogens with zero attached hydrogens (tertiary/aromatic N) is 9. The van der Waals surface area contributed by atoms with E-state index in [1.54, 1.807) is 66.7 Å². The van der Waals surface area contributed by atoms with Crippen LogP contribution in [-0.4, -0.2) is 93.0 Å². The number of aryl methyl sites for hydroxylation is 3. The molecule has 0 bridgehead atoms. The minimum Gasteiger partial charge on any atom is -0.477 e. The number of nitriles is 2. The smallest absolute Gasteiger partial charge is 0.375 e. The first-order chi connectivity index (χ1) is 48.6. The maximum absolute atomic E-state index is 14.4. The van der Waals surface area contributed by atoms with Gasteiger partial charge in [-0.15, -0.1) is 0 Å². The summed E-state index contributed by atoms with van der Waals surface area (Å²) >= 11 is 0. The van der Waals surface area contributed by atoms with Gasteiger partial charge < -0.3 is 20.3 Å². The second-order valence-corrected chi connectivity index (χ2v) is 23.0. The molecule has 10 rings (SSSR count). The standard InChI is InChI=1S/C19H19F2N3O2.C17H15F2N3O2.C10H9F2N3.C10H7F2NO.C9H14O4.C8H5F2N.2CH4/c1-5-26-19(25)14-9-15(10(2)3)24-18(22-14)16(11(4)23-24)17-12(20)7-6-8-13(17)21;1-8(2)13-7-12(17(23)24)20-16-14(9(3)21-22(13)16)15-10(18)5-4-6-11(15)19;1-5-8(10(13)15-14-5)9-6(11)3-2-4-7(9)12;1-6(14)7(5-13)10-8(11)3-2-4-9(10)12;1-4-13-9(12)8(11)5-7(10)6(2)3;9-7-2-1-3-8(10)6(7)4-5-11;;/h6-10H,5H2,1-4H3;4-8H,1-3H3,(H,23,24);2-4H,1H3,(H3,13,14,15);2-4,7H,1H3;6H,4-5H2,1-3H3;1-3H,4H2;2*1H4. The molecule has 0 amide bonds. The highest BCUT2D eigenvalue weighted by Gasteiger charge is 2.28. The average molecular weight is 1470 g/mol. The van der Waals surface area contributed by atoms with Crippen LogP contribution in [0.3, 0.4) is 0 Å². The van der Waals surface area contributed by atoms with Crippen molar-refractivity contribution in [1.82, 2.24) is 39.4 Å². The first-order valence-corrected chi connectivity index (χ1v) is 31.3. The number of ether oxygens (including phenoxy) is 2. The van der Waals surface area contributed by atoms with Crippen molar-refractivity contribution in [2.75, 3.05) is 18.9 Å². The zero-order chi connectivity index (χ0) is 77.0. The first kappa shape index (κ1) is 87.3. The number of anilines is 1. The van der Waals surface area contributed by atoms with Gasteiger partial charge in [-0.3, -0.25) is 19.5 Å². The highest BCUT2D eigenvalue weighted by atomic mass is 19.2. The first-order valence-electron chi connectivity index (χ1n) is 31.3. The summed E-state index contributed by atoms with van der Waals surface area (Å²) in [5, 5.41) is 41.1. The van der Waals surface area contributed by atoms with Crippen LogP contribution in [0, 0.1) is 108 Å². The Morgan fingerprint density at radius 2 is 0.933 bits per heavy atom.